The van der Waals surface area contributed by atoms with Crippen LogP contribution in [-0.4, -0.2) is 20.6 Å². The van der Waals surface area contributed by atoms with E-state index in [1.165, 1.54) is 5.56 Å². The quantitative estimate of drug-likeness (QED) is 0.646. The van der Waals surface area contributed by atoms with E-state index in [-0.39, 0.29) is 0 Å². The summed E-state index contributed by atoms with van der Waals surface area (Å²) in [6, 6.07) is 8.82. The number of aromatic nitrogens is 3. The molecule has 3 aromatic rings. The van der Waals surface area contributed by atoms with E-state index in [2.05, 4.69) is 53.5 Å². The topological polar surface area (TPSA) is 94.3 Å². The van der Waals surface area contributed by atoms with Gasteiger partial charge in [-0.25, -0.2) is 9.50 Å². The number of nitrogens with zero attached hydrogens (tertiary/aromatic N) is 3. The second kappa shape index (κ2) is 7.19. The first-order valence-electron chi connectivity index (χ1n) is 9.78. The molecule has 0 amide bonds. The van der Waals surface area contributed by atoms with Crippen molar-refractivity contribution in [2.75, 3.05) is 11.1 Å². The minimum absolute atomic E-state index is 0.296. The van der Waals surface area contributed by atoms with E-state index in [0.29, 0.717) is 23.7 Å². The van der Waals surface area contributed by atoms with E-state index in [4.69, 9.17) is 11.5 Å². The van der Waals surface area contributed by atoms with Crippen molar-refractivity contribution in [3.05, 3.63) is 47.8 Å². The normalized spacial score (nSPS) is 20.3. The summed E-state index contributed by atoms with van der Waals surface area (Å²) in [5.41, 5.74) is 17.7. The molecule has 6 nitrogen and oxygen atoms in total. The number of nitrogen functional groups attached to an aromatic ring is 1. The van der Waals surface area contributed by atoms with Crippen molar-refractivity contribution in [2.24, 2.45) is 5.73 Å². The van der Waals surface area contributed by atoms with E-state index in [1.807, 2.05) is 6.20 Å². The number of hydrogen-bond acceptors (Lipinski definition) is 5. The molecule has 4 rings (SSSR count). The SMILES string of the molecule is CC(C)c1cccc(Nc2c(C3CCC(N)CC3)c(N)nn3ccnc23)c1. The molecule has 1 fully saturated rings. The molecule has 0 atom stereocenters. The van der Waals surface area contributed by atoms with Crippen LogP contribution in [0.5, 0.6) is 0 Å². The molecular formula is C21H28N6. The average Bonchev–Trinajstić information content (AvgIpc) is 3.11. The van der Waals surface area contributed by atoms with Gasteiger partial charge in [-0.2, -0.15) is 0 Å². The van der Waals surface area contributed by atoms with E-state index in [9.17, 15) is 0 Å². The van der Waals surface area contributed by atoms with Crippen molar-refractivity contribution in [1.29, 1.82) is 0 Å². The first-order chi connectivity index (χ1) is 13.0. The van der Waals surface area contributed by atoms with Crippen molar-refractivity contribution < 1.29 is 0 Å². The standard InChI is InChI=1S/C21H28N6/c1-13(2)15-4-3-5-17(12-15)25-19-18(14-6-8-16(22)9-7-14)20(23)26-27-11-10-24-21(19)27/h3-5,10-14,16,25H,6-9,22H2,1-2H3,(H2,23,26). The first kappa shape index (κ1) is 17.8. The minimum Gasteiger partial charge on any atom is -0.382 e. The van der Waals surface area contributed by atoms with Crippen LogP contribution in [0.15, 0.2) is 36.7 Å². The number of fused-ring (bicyclic) bond motifs is 1. The van der Waals surface area contributed by atoms with E-state index in [1.54, 1.807) is 10.7 Å². The zero-order valence-electron chi connectivity index (χ0n) is 16.0. The summed E-state index contributed by atoms with van der Waals surface area (Å²) in [6.45, 7) is 4.40. The molecule has 0 bridgehead atoms. The summed E-state index contributed by atoms with van der Waals surface area (Å²) in [6.07, 6.45) is 7.70. The predicted octanol–water partition coefficient (Wildman–Crippen LogP) is 4.16. The van der Waals surface area contributed by atoms with Gasteiger partial charge < -0.3 is 16.8 Å². The van der Waals surface area contributed by atoms with Crippen LogP contribution in [0.1, 0.15) is 62.5 Å². The minimum atomic E-state index is 0.296. The molecule has 142 valence electrons. The maximum absolute atomic E-state index is 6.41. The summed E-state index contributed by atoms with van der Waals surface area (Å²) in [5, 5.41) is 8.15. The molecule has 2 heterocycles. The van der Waals surface area contributed by atoms with Crippen LogP contribution in [0, 0.1) is 0 Å². The Morgan fingerprint density at radius 3 is 2.70 bits per heavy atom. The maximum Gasteiger partial charge on any atom is 0.177 e. The lowest BCUT2D eigenvalue weighted by atomic mass is 9.81. The number of benzene rings is 1. The summed E-state index contributed by atoms with van der Waals surface area (Å²) >= 11 is 0. The Kier molecular flexibility index (Phi) is 4.74. The summed E-state index contributed by atoms with van der Waals surface area (Å²) < 4.78 is 1.75. The Bertz CT molecular complexity index is 937. The third kappa shape index (κ3) is 3.49. The molecule has 0 saturated heterocycles. The molecule has 1 aromatic carbocycles. The van der Waals surface area contributed by atoms with E-state index in [0.717, 1.165) is 48.3 Å². The third-order valence-electron chi connectivity index (χ3n) is 5.61. The van der Waals surface area contributed by atoms with Gasteiger partial charge in [0, 0.05) is 29.7 Å². The van der Waals surface area contributed by atoms with Crippen molar-refractivity contribution >= 4 is 22.8 Å². The van der Waals surface area contributed by atoms with Gasteiger partial charge in [0.15, 0.2) is 5.65 Å². The highest BCUT2D eigenvalue weighted by atomic mass is 15.3. The molecule has 0 unspecified atom stereocenters. The molecule has 0 radical (unpaired) electrons. The van der Waals surface area contributed by atoms with Crippen molar-refractivity contribution in [3.63, 3.8) is 0 Å². The van der Waals surface area contributed by atoms with Gasteiger partial charge in [-0.3, -0.25) is 0 Å². The van der Waals surface area contributed by atoms with Crippen molar-refractivity contribution in [1.82, 2.24) is 14.6 Å². The second-order valence-corrected chi connectivity index (χ2v) is 7.89. The lowest BCUT2D eigenvalue weighted by Gasteiger charge is -2.29. The molecule has 0 aliphatic heterocycles. The third-order valence-corrected chi connectivity index (χ3v) is 5.61. The highest BCUT2D eigenvalue weighted by molar-refractivity contribution is 5.80. The van der Waals surface area contributed by atoms with Crippen LogP contribution in [0.2, 0.25) is 0 Å². The molecule has 0 spiro atoms. The van der Waals surface area contributed by atoms with Gasteiger partial charge in [0.05, 0.1) is 5.69 Å². The zero-order valence-corrected chi connectivity index (χ0v) is 16.0. The van der Waals surface area contributed by atoms with Crippen LogP contribution in [0.3, 0.4) is 0 Å². The maximum atomic E-state index is 6.41. The fraction of sp³-hybridized carbons (Fsp3) is 0.429. The molecule has 1 aliphatic carbocycles. The van der Waals surface area contributed by atoms with Gasteiger partial charge in [-0.1, -0.05) is 26.0 Å². The first-order valence-corrected chi connectivity index (χ1v) is 9.78. The van der Waals surface area contributed by atoms with Gasteiger partial charge in [0.2, 0.25) is 0 Å². The second-order valence-electron chi connectivity index (χ2n) is 7.89. The number of nitrogens with two attached hydrogens (primary N) is 2. The van der Waals surface area contributed by atoms with Crippen LogP contribution in [0.25, 0.3) is 5.65 Å². The van der Waals surface area contributed by atoms with E-state index < -0.39 is 0 Å². The van der Waals surface area contributed by atoms with Crippen LogP contribution < -0.4 is 16.8 Å². The molecule has 6 heteroatoms. The Morgan fingerprint density at radius 2 is 1.96 bits per heavy atom. The fourth-order valence-corrected chi connectivity index (χ4v) is 4.04. The smallest absolute Gasteiger partial charge is 0.177 e. The Morgan fingerprint density at radius 1 is 1.19 bits per heavy atom. The molecule has 5 N–H and O–H groups in total. The number of rotatable bonds is 4. The Balaban J connectivity index is 1.79. The lowest BCUT2D eigenvalue weighted by Crippen LogP contribution is -2.26. The van der Waals surface area contributed by atoms with Gasteiger partial charge in [0.1, 0.15) is 5.82 Å². The van der Waals surface area contributed by atoms with Gasteiger partial charge in [-0.05, 0) is 55.2 Å². The number of nitrogens with one attached hydrogen (secondary N) is 1. The predicted molar refractivity (Wildman–Crippen MR) is 110 cm³/mol. The van der Waals surface area contributed by atoms with Gasteiger partial charge in [-0.15, -0.1) is 5.10 Å². The van der Waals surface area contributed by atoms with Crippen LogP contribution >= 0.6 is 0 Å². The van der Waals surface area contributed by atoms with E-state index >= 15 is 0 Å². The molecular weight excluding hydrogens is 336 g/mol. The molecule has 1 saturated carbocycles. The highest BCUT2D eigenvalue weighted by Crippen LogP contribution is 2.41. The zero-order chi connectivity index (χ0) is 19.0. The number of imidazole rings is 1. The largest absolute Gasteiger partial charge is 0.382 e. The Labute approximate surface area is 160 Å². The summed E-state index contributed by atoms with van der Waals surface area (Å²) in [4.78, 5) is 4.54. The van der Waals surface area contributed by atoms with Crippen LogP contribution in [-0.2, 0) is 0 Å². The molecule has 2 aromatic heterocycles. The molecule has 1 aliphatic rings. The average molecular weight is 364 g/mol. The summed E-state index contributed by atoms with van der Waals surface area (Å²) in [7, 11) is 0. The van der Waals surface area contributed by atoms with Gasteiger partial charge >= 0.3 is 0 Å². The fourth-order valence-electron chi connectivity index (χ4n) is 4.04. The van der Waals surface area contributed by atoms with Crippen LogP contribution in [0.4, 0.5) is 17.2 Å². The number of anilines is 3. The lowest BCUT2D eigenvalue weighted by molar-refractivity contribution is 0.396. The van der Waals surface area contributed by atoms with Crippen molar-refractivity contribution in [3.8, 4) is 0 Å². The summed E-state index contributed by atoms with van der Waals surface area (Å²) in [5.74, 6) is 1.40. The van der Waals surface area contributed by atoms with Crippen molar-refractivity contribution in [2.45, 2.75) is 57.4 Å². The Hall–Kier alpha value is -2.60. The van der Waals surface area contributed by atoms with Gasteiger partial charge in [0.25, 0.3) is 0 Å². The number of hydrogen-bond donors (Lipinski definition) is 3. The highest BCUT2D eigenvalue weighted by Gasteiger charge is 2.27. The molecule has 27 heavy (non-hydrogen) atoms. The monoisotopic (exact) mass is 364 g/mol.